The zero-order chi connectivity index (χ0) is 23.7. The van der Waals surface area contributed by atoms with Crippen LogP contribution in [-0.4, -0.2) is 74.4 Å². The number of phenols is 1. The topological polar surface area (TPSA) is 160 Å². The van der Waals surface area contributed by atoms with Gasteiger partial charge in [0.2, 0.25) is 0 Å². The Hall–Kier alpha value is -1.75. The van der Waals surface area contributed by atoms with E-state index in [0.29, 0.717) is 18.3 Å². The minimum Gasteiger partial charge on any atom is -0.547 e. The van der Waals surface area contributed by atoms with Crippen molar-refractivity contribution in [3.05, 3.63) is 29.3 Å². The molecule has 0 radical (unpaired) electrons. The Kier molecular flexibility index (Phi) is 5.70. The lowest BCUT2D eigenvalue weighted by Crippen LogP contribution is -2.63. The number of carboxylic acid groups (broad SMARTS) is 1. The Bertz CT molecular complexity index is 921. The molecule has 1 aliphatic heterocycles. The number of hydrogen-bond acceptors (Lipinski definition) is 9. The monoisotopic (exact) mass is 463 g/mol. The Morgan fingerprint density at radius 1 is 1.15 bits per heavy atom. The van der Waals surface area contributed by atoms with Gasteiger partial charge in [0.25, 0.3) is 0 Å². The highest BCUT2D eigenvalue weighted by atomic mass is 16.7. The molecule has 1 saturated heterocycles. The molecular weight excluding hydrogens is 432 g/mol. The lowest BCUT2D eigenvalue weighted by Gasteiger charge is -2.49. The standard InChI is InChI=1S/C24H32O9/c1-24-7-6-13-12-5-3-11(25)8-10(12)2-4-14(13)15(24)9-16(21(24)29)32-23-19(28)17(26)18(27)20(33-23)22(30)31/h3,5,8,13-21,23,25-29H,2,4,6-7,9H2,1H3,(H,30,31)/p-1/t13-,14-,15+,16-,17+,18+,19-,20+,21+,23-,24+/m1/s1. The molecule has 0 unspecified atom stereocenters. The number of aliphatic carboxylic acids is 1. The molecule has 1 aromatic rings. The van der Waals surface area contributed by atoms with Gasteiger partial charge in [0.05, 0.1) is 18.2 Å². The summed E-state index contributed by atoms with van der Waals surface area (Å²) in [5.41, 5.74) is 2.02. The van der Waals surface area contributed by atoms with Crippen molar-refractivity contribution in [2.24, 2.45) is 17.3 Å². The van der Waals surface area contributed by atoms with Crippen molar-refractivity contribution in [3.63, 3.8) is 0 Å². The van der Waals surface area contributed by atoms with Crippen LogP contribution in [0.15, 0.2) is 18.2 Å². The van der Waals surface area contributed by atoms with E-state index in [9.17, 15) is 35.4 Å². The van der Waals surface area contributed by atoms with Crippen LogP contribution in [0.5, 0.6) is 5.75 Å². The van der Waals surface area contributed by atoms with Crippen LogP contribution in [-0.2, 0) is 20.7 Å². The van der Waals surface area contributed by atoms with Crippen molar-refractivity contribution < 1.29 is 44.9 Å². The van der Waals surface area contributed by atoms with E-state index in [2.05, 4.69) is 6.92 Å². The fourth-order valence-corrected chi connectivity index (χ4v) is 6.99. The van der Waals surface area contributed by atoms with E-state index in [-0.39, 0.29) is 11.7 Å². The van der Waals surface area contributed by atoms with Gasteiger partial charge in [-0.15, -0.1) is 0 Å². The summed E-state index contributed by atoms with van der Waals surface area (Å²) in [4.78, 5) is 11.3. The molecule has 33 heavy (non-hydrogen) atoms. The van der Waals surface area contributed by atoms with Crippen LogP contribution in [0.3, 0.4) is 0 Å². The first-order chi connectivity index (χ1) is 15.6. The number of carbonyl (C=O) groups is 1. The van der Waals surface area contributed by atoms with E-state index in [4.69, 9.17) is 9.47 Å². The maximum atomic E-state index is 11.3. The van der Waals surface area contributed by atoms with Gasteiger partial charge < -0.3 is 44.9 Å². The highest BCUT2D eigenvalue weighted by molar-refractivity contribution is 5.71. The lowest BCUT2D eigenvalue weighted by atomic mass is 9.55. The van der Waals surface area contributed by atoms with Crippen molar-refractivity contribution in [1.29, 1.82) is 0 Å². The smallest absolute Gasteiger partial charge is 0.187 e. The number of aliphatic hydroxyl groups is 4. The first-order valence-corrected chi connectivity index (χ1v) is 11.7. The lowest BCUT2D eigenvalue weighted by molar-refractivity contribution is -0.354. The zero-order valence-electron chi connectivity index (χ0n) is 18.4. The molecule has 1 heterocycles. The summed E-state index contributed by atoms with van der Waals surface area (Å²) in [7, 11) is 0. The number of carboxylic acids is 1. The van der Waals surface area contributed by atoms with Crippen molar-refractivity contribution in [1.82, 2.24) is 0 Å². The van der Waals surface area contributed by atoms with Crippen molar-refractivity contribution >= 4 is 5.97 Å². The number of aliphatic hydroxyl groups excluding tert-OH is 4. The second-order valence-corrected chi connectivity index (χ2v) is 10.4. The van der Waals surface area contributed by atoms with Crippen LogP contribution in [0.4, 0.5) is 0 Å². The third kappa shape index (κ3) is 3.57. The van der Waals surface area contributed by atoms with E-state index in [1.807, 2.05) is 12.1 Å². The van der Waals surface area contributed by atoms with Gasteiger partial charge in [0.15, 0.2) is 6.29 Å². The number of ether oxygens (including phenoxy) is 2. The van der Waals surface area contributed by atoms with E-state index in [0.717, 1.165) is 25.7 Å². The zero-order valence-corrected chi connectivity index (χ0v) is 18.4. The van der Waals surface area contributed by atoms with Gasteiger partial charge in [-0.1, -0.05) is 13.0 Å². The van der Waals surface area contributed by atoms with Crippen LogP contribution in [0.2, 0.25) is 0 Å². The molecule has 9 heteroatoms. The number of phenolic OH excluding ortho intramolecular Hbond substituents is 1. The summed E-state index contributed by atoms with van der Waals surface area (Å²) in [6, 6.07) is 5.56. The minimum atomic E-state index is -1.85. The molecule has 3 fully saturated rings. The molecule has 5 N–H and O–H groups in total. The van der Waals surface area contributed by atoms with Crippen molar-refractivity contribution in [2.45, 2.75) is 87.9 Å². The highest BCUT2D eigenvalue weighted by Crippen LogP contribution is 2.61. The number of fused-ring (bicyclic) bond motifs is 5. The van der Waals surface area contributed by atoms with Crippen LogP contribution in [0, 0.1) is 17.3 Å². The first kappa shape index (κ1) is 23.0. The van der Waals surface area contributed by atoms with Gasteiger partial charge in [-0.05, 0) is 78.5 Å². The van der Waals surface area contributed by atoms with Crippen LogP contribution < -0.4 is 5.11 Å². The number of aryl methyl sites for hydroxylation is 1. The third-order valence-electron chi connectivity index (χ3n) is 8.77. The summed E-state index contributed by atoms with van der Waals surface area (Å²) in [6.45, 7) is 2.05. The SMILES string of the molecule is C[C@]12CC[C@@H]3c4ccc(O)cc4CC[C@H]3[C@@H]1C[C@@H](O[C@@H]1O[C@H](C(=O)[O-])[C@@H](O)[C@H](O)[C@H]1O)[C@@H]2O. The van der Waals surface area contributed by atoms with Gasteiger partial charge in [0, 0.05) is 0 Å². The maximum Gasteiger partial charge on any atom is 0.187 e. The number of hydrogen-bond donors (Lipinski definition) is 5. The number of rotatable bonds is 3. The Morgan fingerprint density at radius 3 is 2.64 bits per heavy atom. The number of aromatic hydroxyl groups is 1. The molecule has 0 aromatic heterocycles. The van der Waals surface area contributed by atoms with Crippen LogP contribution in [0.25, 0.3) is 0 Å². The third-order valence-corrected chi connectivity index (χ3v) is 8.77. The number of carbonyl (C=O) groups excluding carboxylic acids is 1. The Morgan fingerprint density at radius 2 is 1.91 bits per heavy atom. The van der Waals surface area contributed by atoms with Crippen molar-refractivity contribution in [2.75, 3.05) is 0 Å². The van der Waals surface area contributed by atoms with Crippen LogP contribution >= 0.6 is 0 Å². The molecule has 5 rings (SSSR count). The molecule has 0 bridgehead atoms. The molecule has 9 nitrogen and oxygen atoms in total. The quantitative estimate of drug-likeness (QED) is 0.385. The largest absolute Gasteiger partial charge is 0.547 e. The maximum absolute atomic E-state index is 11.3. The molecular formula is C24H31O9-. The summed E-state index contributed by atoms with van der Waals surface area (Å²) in [5, 5.41) is 62.6. The van der Waals surface area contributed by atoms with Gasteiger partial charge in [0.1, 0.15) is 30.2 Å². The predicted octanol–water partition coefficient (Wildman–Crippen LogP) is -0.838. The summed E-state index contributed by atoms with van der Waals surface area (Å²) in [5.74, 6) is -0.652. The molecule has 4 aliphatic rings. The average Bonchev–Trinajstić information content (AvgIpc) is 3.03. The fourth-order valence-electron chi connectivity index (χ4n) is 6.99. The normalized spacial score (nSPS) is 46.8. The Balaban J connectivity index is 1.36. The van der Waals surface area contributed by atoms with E-state index in [1.54, 1.807) is 6.07 Å². The molecule has 0 spiro atoms. The van der Waals surface area contributed by atoms with Crippen LogP contribution in [0.1, 0.15) is 49.7 Å². The van der Waals surface area contributed by atoms with E-state index in [1.165, 1.54) is 11.1 Å². The summed E-state index contributed by atoms with van der Waals surface area (Å²) in [6.07, 6.45) is -6.26. The summed E-state index contributed by atoms with van der Waals surface area (Å²) < 4.78 is 11.1. The van der Waals surface area contributed by atoms with E-state index >= 15 is 0 Å². The first-order valence-electron chi connectivity index (χ1n) is 11.7. The van der Waals surface area contributed by atoms with Gasteiger partial charge in [-0.25, -0.2) is 0 Å². The molecule has 182 valence electrons. The molecule has 1 aromatic carbocycles. The second-order valence-electron chi connectivity index (χ2n) is 10.4. The predicted molar refractivity (Wildman–Crippen MR) is 111 cm³/mol. The molecule has 2 saturated carbocycles. The number of benzene rings is 1. The van der Waals surface area contributed by atoms with Gasteiger partial charge >= 0.3 is 0 Å². The summed E-state index contributed by atoms with van der Waals surface area (Å²) >= 11 is 0. The molecule has 11 atom stereocenters. The molecule has 3 aliphatic carbocycles. The molecule has 0 amide bonds. The Labute approximate surface area is 191 Å². The van der Waals surface area contributed by atoms with Gasteiger partial charge in [-0.2, -0.15) is 0 Å². The van der Waals surface area contributed by atoms with E-state index < -0.39 is 54.3 Å². The second kappa shape index (κ2) is 8.18. The average molecular weight is 464 g/mol. The highest BCUT2D eigenvalue weighted by Gasteiger charge is 2.59. The van der Waals surface area contributed by atoms with Gasteiger partial charge in [-0.3, -0.25) is 0 Å². The fraction of sp³-hybridized carbons (Fsp3) is 0.708. The van der Waals surface area contributed by atoms with Crippen molar-refractivity contribution in [3.8, 4) is 5.75 Å². The minimum absolute atomic E-state index is 0.145.